The number of hydrogen-bond acceptors (Lipinski definition) is 5. The molecule has 1 rings (SSSR count). The summed E-state index contributed by atoms with van der Waals surface area (Å²) in [5.41, 5.74) is 0.419. The molecule has 0 saturated carbocycles. The number of aliphatic hydroxyl groups excluding tert-OH is 1. The Bertz CT molecular complexity index is 534. The van der Waals surface area contributed by atoms with Gasteiger partial charge >= 0.3 is 5.97 Å². The van der Waals surface area contributed by atoms with E-state index >= 15 is 0 Å². The Morgan fingerprint density at radius 1 is 1.56 bits per heavy atom. The first-order valence-electron chi connectivity index (χ1n) is 5.25. The number of aliphatic hydroxyl groups is 1. The smallest absolute Gasteiger partial charge is 0.346 e. The molecule has 0 aromatic carbocycles. The lowest BCUT2D eigenvalue weighted by molar-refractivity contribution is 0.0701. The lowest BCUT2D eigenvalue weighted by Gasteiger charge is -2.11. The molecule has 1 unspecified atom stereocenters. The lowest BCUT2D eigenvalue weighted by Crippen LogP contribution is -2.32. The summed E-state index contributed by atoms with van der Waals surface area (Å²) in [7, 11) is -3.72. The molecule has 0 amide bonds. The zero-order chi connectivity index (χ0) is 13.9. The van der Waals surface area contributed by atoms with Gasteiger partial charge in [-0.3, -0.25) is 0 Å². The molecule has 0 bridgehead atoms. The van der Waals surface area contributed by atoms with Crippen LogP contribution in [0.2, 0.25) is 0 Å². The van der Waals surface area contributed by atoms with Gasteiger partial charge in [0.05, 0.1) is 0 Å². The van der Waals surface area contributed by atoms with Crippen molar-refractivity contribution in [1.29, 1.82) is 0 Å². The number of rotatable bonds is 6. The molecule has 3 N–H and O–H groups in total. The van der Waals surface area contributed by atoms with Gasteiger partial charge in [-0.1, -0.05) is 0 Å². The maximum atomic E-state index is 11.9. The number of aromatic carboxylic acids is 1. The Labute approximate surface area is 109 Å². The van der Waals surface area contributed by atoms with Crippen LogP contribution in [0.15, 0.2) is 10.3 Å². The van der Waals surface area contributed by atoms with Crippen molar-refractivity contribution in [2.45, 2.75) is 30.5 Å². The summed E-state index contributed by atoms with van der Waals surface area (Å²) < 4.78 is 26.2. The molecule has 0 radical (unpaired) electrons. The summed E-state index contributed by atoms with van der Waals surface area (Å²) in [5, 5.41) is 17.6. The van der Waals surface area contributed by atoms with Gasteiger partial charge in [-0.05, 0) is 31.9 Å². The number of carboxylic acids is 1. The summed E-state index contributed by atoms with van der Waals surface area (Å²) in [4.78, 5) is 10.9. The molecule has 0 fully saturated rings. The maximum absolute atomic E-state index is 11.9. The molecule has 1 heterocycles. The fourth-order valence-corrected chi connectivity index (χ4v) is 4.05. The number of thiophene rings is 1. The van der Waals surface area contributed by atoms with Crippen LogP contribution in [-0.4, -0.2) is 37.2 Å². The standard InChI is InChI=1S/C10H15NO5S2/c1-6-5-8(17-9(6)10(13)14)18(15,16)11-7(2)3-4-12/h5,7,11-12H,3-4H2,1-2H3,(H,13,14). The van der Waals surface area contributed by atoms with Crippen molar-refractivity contribution in [1.82, 2.24) is 4.72 Å². The molecular formula is C10H15NO5S2. The Balaban J connectivity index is 2.99. The molecular weight excluding hydrogens is 278 g/mol. The average Bonchev–Trinajstić information content (AvgIpc) is 2.60. The van der Waals surface area contributed by atoms with Crippen molar-refractivity contribution in [2.24, 2.45) is 0 Å². The molecule has 6 nitrogen and oxygen atoms in total. The average molecular weight is 293 g/mol. The van der Waals surface area contributed by atoms with Crippen molar-refractivity contribution in [2.75, 3.05) is 6.61 Å². The number of aryl methyl sites for hydroxylation is 1. The highest BCUT2D eigenvalue weighted by molar-refractivity contribution is 7.91. The molecule has 8 heteroatoms. The van der Waals surface area contributed by atoms with Crippen LogP contribution < -0.4 is 4.72 Å². The fraction of sp³-hybridized carbons (Fsp3) is 0.500. The summed E-state index contributed by atoms with van der Waals surface area (Å²) in [6.07, 6.45) is 0.301. The Morgan fingerprint density at radius 3 is 2.61 bits per heavy atom. The molecule has 0 aliphatic heterocycles. The highest BCUT2D eigenvalue weighted by atomic mass is 32.2. The van der Waals surface area contributed by atoms with Crippen LogP contribution in [0.3, 0.4) is 0 Å². The monoisotopic (exact) mass is 293 g/mol. The van der Waals surface area contributed by atoms with Crippen LogP contribution in [-0.2, 0) is 10.0 Å². The number of carbonyl (C=O) groups is 1. The van der Waals surface area contributed by atoms with E-state index < -0.39 is 22.0 Å². The van der Waals surface area contributed by atoms with Crippen molar-refractivity contribution < 1.29 is 23.4 Å². The quantitative estimate of drug-likeness (QED) is 0.720. The molecule has 0 aliphatic rings. The Morgan fingerprint density at radius 2 is 2.17 bits per heavy atom. The number of hydrogen-bond donors (Lipinski definition) is 3. The van der Waals surface area contributed by atoms with E-state index in [4.69, 9.17) is 10.2 Å². The van der Waals surface area contributed by atoms with Crippen LogP contribution in [0.25, 0.3) is 0 Å². The van der Waals surface area contributed by atoms with Crippen molar-refractivity contribution in [3.8, 4) is 0 Å². The molecule has 0 spiro atoms. The minimum absolute atomic E-state index is 0.0187. The summed E-state index contributed by atoms with van der Waals surface area (Å²) in [6, 6.07) is 0.929. The number of carboxylic acid groups (broad SMARTS) is 1. The van der Waals surface area contributed by atoms with Gasteiger partial charge in [0.1, 0.15) is 9.09 Å². The zero-order valence-electron chi connectivity index (χ0n) is 10.0. The second-order valence-electron chi connectivity index (χ2n) is 3.92. The first-order valence-corrected chi connectivity index (χ1v) is 7.55. The third kappa shape index (κ3) is 3.52. The first kappa shape index (κ1) is 15.1. The van der Waals surface area contributed by atoms with E-state index in [0.29, 0.717) is 12.0 Å². The van der Waals surface area contributed by atoms with Crippen molar-refractivity contribution in [3.05, 3.63) is 16.5 Å². The second-order valence-corrected chi connectivity index (χ2v) is 6.91. The van der Waals surface area contributed by atoms with E-state index in [-0.39, 0.29) is 15.7 Å². The van der Waals surface area contributed by atoms with E-state index in [0.717, 1.165) is 11.3 Å². The molecule has 1 aromatic heterocycles. The van der Waals surface area contributed by atoms with Crippen LogP contribution in [0.4, 0.5) is 0 Å². The second kappa shape index (κ2) is 5.79. The molecule has 0 saturated heterocycles. The van der Waals surface area contributed by atoms with Gasteiger partial charge < -0.3 is 10.2 Å². The van der Waals surface area contributed by atoms with Crippen LogP contribution in [0.5, 0.6) is 0 Å². The van der Waals surface area contributed by atoms with Gasteiger partial charge in [0.25, 0.3) is 0 Å². The summed E-state index contributed by atoms with van der Waals surface area (Å²) in [5.74, 6) is -1.14. The van der Waals surface area contributed by atoms with Gasteiger partial charge in [0.2, 0.25) is 10.0 Å². The van der Waals surface area contributed by atoms with Gasteiger partial charge in [0, 0.05) is 12.6 Å². The predicted molar refractivity (Wildman–Crippen MR) is 67.5 cm³/mol. The third-order valence-corrected chi connectivity index (χ3v) is 5.56. The van der Waals surface area contributed by atoms with Gasteiger partial charge in [0.15, 0.2) is 0 Å². The number of sulfonamides is 1. The molecule has 1 aromatic rings. The Kier molecular flexibility index (Phi) is 4.85. The van der Waals surface area contributed by atoms with Crippen molar-refractivity contribution in [3.63, 3.8) is 0 Å². The van der Waals surface area contributed by atoms with Crippen LogP contribution in [0.1, 0.15) is 28.6 Å². The lowest BCUT2D eigenvalue weighted by atomic mass is 10.3. The minimum Gasteiger partial charge on any atom is -0.477 e. The topological polar surface area (TPSA) is 104 Å². The Hall–Kier alpha value is -0.960. The van der Waals surface area contributed by atoms with E-state index in [1.54, 1.807) is 13.8 Å². The molecule has 18 heavy (non-hydrogen) atoms. The van der Waals surface area contributed by atoms with E-state index in [2.05, 4.69) is 4.72 Å². The largest absolute Gasteiger partial charge is 0.477 e. The number of nitrogens with one attached hydrogen (secondary N) is 1. The highest BCUT2D eigenvalue weighted by Crippen LogP contribution is 2.26. The van der Waals surface area contributed by atoms with Gasteiger partial charge in [-0.2, -0.15) is 0 Å². The molecule has 102 valence electrons. The summed E-state index contributed by atoms with van der Waals surface area (Å²) >= 11 is 0.722. The van der Waals surface area contributed by atoms with E-state index in [1.165, 1.54) is 6.07 Å². The SMILES string of the molecule is Cc1cc(S(=O)(=O)NC(C)CCO)sc1C(=O)O. The molecule has 1 atom stereocenters. The first-order chi connectivity index (χ1) is 8.27. The van der Waals surface area contributed by atoms with Crippen LogP contribution in [0, 0.1) is 6.92 Å². The van der Waals surface area contributed by atoms with Gasteiger partial charge in [-0.25, -0.2) is 17.9 Å². The highest BCUT2D eigenvalue weighted by Gasteiger charge is 2.23. The maximum Gasteiger partial charge on any atom is 0.346 e. The molecule has 0 aliphatic carbocycles. The van der Waals surface area contributed by atoms with Crippen molar-refractivity contribution >= 4 is 27.3 Å². The van der Waals surface area contributed by atoms with Gasteiger partial charge in [-0.15, -0.1) is 11.3 Å². The van der Waals surface area contributed by atoms with E-state index in [1.807, 2.05) is 0 Å². The van der Waals surface area contributed by atoms with E-state index in [9.17, 15) is 13.2 Å². The third-order valence-electron chi connectivity index (χ3n) is 2.27. The van der Waals surface area contributed by atoms with Crippen LogP contribution >= 0.6 is 11.3 Å². The fourth-order valence-electron chi connectivity index (χ4n) is 1.37. The normalized spacial score (nSPS) is 13.5. The minimum atomic E-state index is -3.72. The zero-order valence-corrected chi connectivity index (χ0v) is 11.6. The summed E-state index contributed by atoms with van der Waals surface area (Å²) in [6.45, 7) is 3.07. The predicted octanol–water partition coefficient (Wildman–Crippen LogP) is 0.804.